The number of rotatable bonds is 5. The van der Waals surface area contributed by atoms with E-state index in [1.54, 1.807) is 19.2 Å². The van der Waals surface area contributed by atoms with Crippen LogP contribution in [-0.2, 0) is 11.2 Å². The topological polar surface area (TPSA) is 55.8 Å². The molecule has 0 spiro atoms. The van der Waals surface area contributed by atoms with Gasteiger partial charge in [-0.2, -0.15) is 0 Å². The number of carbonyl (C=O) groups is 1. The molecule has 4 heteroatoms. The monoisotopic (exact) mass is 210 g/mol. The van der Waals surface area contributed by atoms with E-state index in [4.69, 9.17) is 14.6 Å². The van der Waals surface area contributed by atoms with Crippen molar-refractivity contribution < 1.29 is 19.4 Å². The molecule has 15 heavy (non-hydrogen) atoms. The van der Waals surface area contributed by atoms with Crippen molar-refractivity contribution in [2.24, 2.45) is 0 Å². The first-order chi connectivity index (χ1) is 7.19. The number of methoxy groups -OCH3 is 2. The summed E-state index contributed by atoms with van der Waals surface area (Å²) in [7, 11) is 3.15. The van der Waals surface area contributed by atoms with Crippen molar-refractivity contribution in [1.82, 2.24) is 0 Å². The molecule has 0 aromatic heterocycles. The van der Waals surface area contributed by atoms with E-state index >= 15 is 0 Å². The summed E-state index contributed by atoms with van der Waals surface area (Å²) < 4.78 is 10.1. The smallest absolute Gasteiger partial charge is 0.335 e. The highest BCUT2D eigenvalue weighted by Gasteiger charge is 2.08. The minimum atomic E-state index is -0.952. The molecule has 0 saturated heterocycles. The fourth-order valence-corrected chi connectivity index (χ4v) is 1.30. The van der Waals surface area contributed by atoms with Crippen molar-refractivity contribution in [3.63, 3.8) is 0 Å². The summed E-state index contributed by atoms with van der Waals surface area (Å²) in [4.78, 5) is 10.7. The molecular formula is C11H14O4. The number of carboxylic acids is 1. The van der Waals surface area contributed by atoms with Crippen molar-refractivity contribution in [3.8, 4) is 5.75 Å². The van der Waals surface area contributed by atoms with Crippen LogP contribution in [0.25, 0.3) is 0 Å². The zero-order valence-corrected chi connectivity index (χ0v) is 8.82. The lowest BCUT2D eigenvalue weighted by Gasteiger charge is -2.08. The molecule has 0 unspecified atom stereocenters. The SMILES string of the molecule is COCCc1ccc(C(=O)O)cc1OC. The summed E-state index contributed by atoms with van der Waals surface area (Å²) in [5.74, 6) is -0.362. The van der Waals surface area contributed by atoms with E-state index in [9.17, 15) is 4.79 Å². The van der Waals surface area contributed by atoms with Crippen molar-refractivity contribution in [2.45, 2.75) is 6.42 Å². The number of carboxylic acid groups (broad SMARTS) is 1. The van der Waals surface area contributed by atoms with Gasteiger partial charge in [-0.05, 0) is 24.1 Å². The molecule has 4 nitrogen and oxygen atoms in total. The zero-order chi connectivity index (χ0) is 11.3. The maximum absolute atomic E-state index is 10.7. The summed E-state index contributed by atoms with van der Waals surface area (Å²) in [6, 6.07) is 4.84. The second kappa shape index (κ2) is 5.36. The molecule has 1 N–H and O–H groups in total. The van der Waals surface area contributed by atoms with Gasteiger partial charge in [0, 0.05) is 7.11 Å². The second-order valence-corrected chi connectivity index (χ2v) is 3.07. The highest BCUT2D eigenvalue weighted by atomic mass is 16.5. The molecule has 1 rings (SSSR count). The molecule has 0 bridgehead atoms. The Balaban J connectivity index is 2.93. The Hall–Kier alpha value is -1.55. The lowest BCUT2D eigenvalue weighted by Crippen LogP contribution is -2.01. The van der Waals surface area contributed by atoms with E-state index in [-0.39, 0.29) is 5.56 Å². The fourth-order valence-electron chi connectivity index (χ4n) is 1.30. The molecule has 0 saturated carbocycles. The van der Waals surface area contributed by atoms with E-state index < -0.39 is 5.97 Å². The number of ether oxygens (including phenoxy) is 2. The van der Waals surface area contributed by atoms with Crippen LogP contribution in [0.1, 0.15) is 15.9 Å². The summed E-state index contributed by atoms with van der Waals surface area (Å²) in [5.41, 5.74) is 1.18. The number of benzene rings is 1. The molecule has 0 aliphatic heterocycles. The van der Waals surface area contributed by atoms with Crippen LogP contribution in [0.15, 0.2) is 18.2 Å². The van der Waals surface area contributed by atoms with E-state index in [1.807, 2.05) is 0 Å². The maximum atomic E-state index is 10.7. The summed E-state index contributed by atoms with van der Waals surface area (Å²) in [6.45, 7) is 0.586. The molecule has 0 aliphatic rings. The zero-order valence-electron chi connectivity index (χ0n) is 8.82. The van der Waals surface area contributed by atoms with Crippen LogP contribution >= 0.6 is 0 Å². The van der Waals surface area contributed by atoms with Gasteiger partial charge in [-0.25, -0.2) is 4.79 Å². The van der Waals surface area contributed by atoms with Crippen LogP contribution in [0.2, 0.25) is 0 Å². The first-order valence-corrected chi connectivity index (χ1v) is 4.58. The Morgan fingerprint density at radius 3 is 2.67 bits per heavy atom. The van der Waals surface area contributed by atoms with Crippen LogP contribution in [-0.4, -0.2) is 31.9 Å². The standard InChI is InChI=1S/C11H14O4/c1-14-6-5-8-3-4-9(11(12)13)7-10(8)15-2/h3-4,7H,5-6H2,1-2H3,(H,12,13). The summed E-state index contributed by atoms with van der Waals surface area (Å²) >= 11 is 0. The van der Waals surface area contributed by atoms with E-state index in [0.29, 0.717) is 18.8 Å². The lowest BCUT2D eigenvalue weighted by atomic mass is 10.1. The Kier molecular flexibility index (Phi) is 4.12. The third kappa shape index (κ3) is 2.95. The Bertz CT molecular complexity index is 346. The van der Waals surface area contributed by atoms with Gasteiger partial charge in [0.25, 0.3) is 0 Å². The molecule has 0 atom stereocenters. The maximum Gasteiger partial charge on any atom is 0.335 e. The van der Waals surface area contributed by atoms with E-state index in [0.717, 1.165) is 5.56 Å². The first kappa shape index (κ1) is 11.5. The third-order valence-electron chi connectivity index (χ3n) is 2.11. The van der Waals surface area contributed by atoms with Gasteiger partial charge in [-0.3, -0.25) is 0 Å². The van der Waals surface area contributed by atoms with Crippen molar-refractivity contribution in [2.75, 3.05) is 20.8 Å². The summed E-state index contributed by atoms with van der Waals surface area (Å²) in [5, 5.41) is 8.79. The van der Waals surface area contributed by atoms with Gasteiger partial charge in [-0.15, -0.1) is 0 Å². The molecule has 1 aromatic rings. The van der Waals surface area contributed by atoms with Crippen molar-refractivity contribution in [1.29, 1.82) is 0 Å². The molecule has 0 radical (unpaired) electrons. The molecule has 0 amide bonds. The number of hydrogen-bond donors (Lipinski definition) is 1. The van der Waals surface area contributed by atoms with Crippen LogP contribution < -0.4 is 4.74 Å². The van der Waals surface area contributed by atoms with Gasteiger partial charge in [0.15, 0.2) is 0 Å². The van der Waals surface area contributed by atoms with Gasteiger partial charge in [-0.1, -0.05) is 6.07 Å². The minimum absolute atomic E-state index is 0.230. The first-order valence-electron chi connectivity index (χ1n) is 4.58. The van der Waals surface area contributed by atoms with Crippen LogP contribution in [0.5, 0.6) is 5.75 Å². The quantitative estimate of drug-likeness (QED) is 0.801. The molecule has 82 valence electrons. The second-order valence-electron chi connectivity index (χ2n) is 3.07. The highest BCUT2D eigenvalue weighted by Crippen LogP contribution is 2.20. The number of hydrogen-bond acceptors (Lipinski definition) is 3. The summed E-state index contributed by atoms with van der Waals surface area (Å²) in [6.07, 6.45) is 0.708. The predicted molar refractivity (Wildman–Crippen MR) is 55.5 cm³/mol. The van der Waals surface area contributed by atoms with Crippen LogP contribution in [0, 0.1) is 0 Å². The van der Waals surface area contributed by atoms with E-state index in [2.05, 4.69) is 0 Å². The lowest BCUT2D eigenvalue weighted by molar-refractivity contribution is 0.0696. The molecular weight excluding hydrogens is 196 g/mol. The average molecular weight is 210 g/mol. The van der Waals surface area contributed by atoms with Gasteiger partial charge in [0.1, 0.15) is 5.75 Å². The highest BCUT2D eigenvalue weighted by molar-refractivity contribution is 5.88. The fraction of sp³-hybridized carbons (Fsp3) is 0.364. The average Bonchev–Trinajstić information content (AvgIpc) is 2.25. The third-order valence-corrected chi connectivity index (χ3v) is 2.11. The Morgan fingerprint density at radius 2 is 2.13 bits per heavy atom. The largest absolute Gasteiger partial charge is 0.496 e. The minimum Gasteiger partial charge on any atom is -0.496 e. The molecule has 0 heterocycles. The molecule has 0 aliphatic carbocycles. The molecule has 0 fully saturated rings. The van der Waals surface area contributed by atoms with Gasteiger partial charge in [0.2, 0.25) is 0 Å². The van der Waals surface area contributed by atoms with Gasteiger partial charge < -0.3 is 14.6 Å². The van der Waals surface area contributed by atoms with Gasteiger partial charge >= 0.3 is 5.97 Å². The Morgan fingerprint density at radius 1 is 1.40 bits per heavy atom. The Labute approximate surface area is 88.4 Å². The number of aromatic carboxylic acids is 1. The molecule has 1 aromatic carbocycles. The predicted octanol–water partition coefficient (Wildman–Crippen LogP) is 1.58. The van der Waals surface area contributed by atoms with Crippen molar-refractivity contribution in [3.05, 3.63) is 29.3 Å². The van der Waals surface area contributed by atoms with E-state index in [1.165, 1.54) is 13.2 Å². The van der Waals surface area contributed by atoms with Crippen LogP contribution in [0.3, 0.4) is 0 Å². The van der Waals surface area contributed by atoms with Crippen LogP contribution in [0.4, 0.5) is 0 Å². The normalized spacial score (nSPS) is 10.0. The van der Waals surface area contributed by atoms with Crippen molar-refractivity contribution >= 4 is 5.97 Å². The van der Waals surface area contributed by atoms with Gasteiger partial charge in [0.05, 0.1) is 19.3 Å².